The van der Waals surface area contributed by atoms with Gasteiger partial charge >= 0.3 is 0 Å². The van der Waals surface area contributed by atoms with E-state index in [-0.39, 0.29) is 0 Å². The van der Waals surface area contributed by atoms with Crippen LogP contribution in [0.5, 0.6) is 0 Å². The minimum absolute atomic E-state index is 0.412. The lowest BCUT2D eigenvalue weighted by Crippen LogP contribution is -1.77. The highest BCUT2D eigenvalue weighted by atomic mass is 32.1. The molecule has 0 aromatic heterocycles. The molecule has 0 aliphatic carbocycles. The number of hydrogen-bond donors (Lipinski definition) is 1. The van der Waals surface area contributed by atoms with E-state index in [0.717, 1.165) is 0 Å². The first-order valence-corrected chi connectivity index (χ1v) is 2.60. The van der Waals surface area contributed by atoms with Crippen LogP contribution in [0.1, 0.15) is 13.8 Å². The highest BCUT2D eigenvalue weighted by Crippen LogP contribution is 1.91. The van der Waals surface area contributed by atoms with Gasteiger partial charge in [-0.25, -0.2) is 0 Å². The molecule has 0 aromatic rings. The smallest absolute Gasteiger partial charge is 0.0168 e. The van der Waals surface area contributed by atoms with Crippen LogP contribution in [0.4, 0.5) is 0 Å². The van der Waals surface area contributed by atoms with Gasteiger partial charge in [-0.3, -0.25) is 0 Å². The predicted molar refractivity (Wildman–Crippen MR) is 33.3 cm³/mol. The van der Waals surface area contributed by atoms with Crippen LogP contribution in [0.15, 0.2) is 12.2 Å². The van der Waals surface area contributed by atoms with E-state index in [1.165, 1.54) is 0 Å². The summed E-state index contributed by atoms with van der Waals surface area (Å²) in [7, 11) is 0. The monoisotopic (exact) mass is 102 g/mol. The maximum absolute atomic E-state index is 4.09. The normalized spacial score (nSPS) is 15.8. The number of hydrogen-bond acceptors (Lipinski definition) is 1. The molecule has 0 aromatic carbocycles. The summed E-state index contributed by atoms with van der Waals surface area (Å²) in [6.45, 7) is 4.02. The van der Waals surface area contributed by atoms with Crippen LogP contribution in [0.25, 0.3) is 0 Å². The van der Waals surface area contributed by atoms with E-state index < -0.39 is 0 Å². The standard InChI is InChI=1S/C5H10S/c1-3-4-5(2)6/h3-6H,1-2H3/b4-3+. The Morgan fingerprint density at radius 1 is 1.67 bits per heavy atom. The largest absolute Gasteiger partial charge is 0.172 e. The molecule has 0 aliphatic rings. The Morgan fingerprint density at radius 3 is 2.17 bits per heavy atom. The van der Waals surface area contributed by atoms with Gasteiger partial charge in [-0.1, -0.05) is 19.1 Å². The van der Waals surface area contributed by atoms with E-state index in [4.69, 9.17) is 0 Å². The van der Waals surface area contributed by atoms with Gasteiger partial charge in [0.1, 0.15) is 0 Å². The third-order valence-corrected chi connectivity index (χ3v) is 0.643. The molecule has 1 heteroatoms. The second kappa shape index (κ2) is 3.29. The molecule has 0 bridgehead atoms. The average Bonchev–Trinajstić information content (AvgIpc) is 1.35. The number of allylic oxidation sites excluding steroid dienone is 1. The van der Waals surface area contributed by atoms with Crippen LogP contribution in [-0.2, 0) is 0 Å². The molecule has 0 radical (unpaired) electrons. The van der Waals surface area contributed by atoms with Crippen LogP contribution < -0.4 is 0 Å². The topological polar surface area (TPSA) is 0 Å². The van der Waals surface area contributed by atoms with Crippen molar-refractivity contribution in [3.8, 4) is 0 Å². The Morgan fingerprint density at radius 2 is 2.17 bits per heavy atom. The lowest BCUT2D eigenvalue weighted by Gasteiger charge is -1.86. The SMILES string of the molecule is C/C=C/C(C)S. The van der Waals surface area contributed by atoms with Gasteiger partial charge in [-0.05, 0) is 6.92 Å². The molecule has 0 saturated heterocycles. The summed E-state index contributed by atoms with van der Waals surface area (Å²) in [6, 6.07) is 0. The van der Waals surface area contributed by atoms with Crippen molar-refractivity contribution >= 4 is 12.6 Å². The van der Waals surface area contributed by atoms with Gasteiger partial charge < -0.3 is 0 Å². The first-order chi connectivity index (χ1) is 2.77. The third-order valence-electron chi connectivity index (χ3n) is 0.471. The minimum Gasteiger partial charge on any atom is -0.172 e. The summed E-state index contributed by atoms with van der Waals surface area (Å²) in [5, 5.41) is 0.412. The van der Waals surface area contributed by atoms with E-state index in [1.54, 1.807) is 0 Å². The molecule has 1 atom stereocenters. The third kappa shape index (κ3) is 4.09. The molecule has 0 fully saturated rings. The Kier molecular flexibility index (Phi) is 3.34. The lowest BCUT2D eigenvalue weighted by molar-refractivity contribution is 1.25. The van der Waals surface area contributed by atoms with Gasteiger partial charge in [0.25, 0.3) is 0 Å². The molecular weight excluding hydrogens is 92.1 g/mol. The van der Waals surface area contributed by atoms with Crippen molar-refractivity contribution in [1.82, 2.24) is 0 Å². The van der Waals surface area contributed by atoms with Gasteiger partial charge in [0.05, 0.1) is 0 Å². The zero-order chi connectivity index (χ0) is 4.99. The summed E-state index contributed by atoms with van der Waals surface area (Å²) in [6.07, 6.45) is 4.03. The molecule has 1 unspecified atom stereocenters. The molecule has 0 amide bonds. The Labute approximate surface area is 44.7 Å². The minimum atomic E-state index is 0.412. The van der Waals surface area contributed by atoms with Gasteiger partial charge in [-0.15, -0.1) is 0 Å². The van der Waals surface area contributed by atoms with Crippen molar-refractivity contribution in [2.45, 2.75) is 19.1 Å². The lowest BCUT2D eigenvalue weighted by atomic mass is 10.4. The fourth-order valence-corrected chi connectivity index (χ4v) is 0.451. The Bertz CT molecular complexity index is 45.9. The van der Waals surface area contributed by atoms with Gasteiger partial charge in [0.15, 0.2) is 0 Å². The van der Waals surface area contributed by atoms with Crippen LogP contribution in [0.3, 0.4) is 0 Å². The average molecular weight is 102 g/mol. The van der Waals surface area contributed by atoms with Crippen LogP contribution >= 0.6 is 12.6 Å². The van der Waals surface area contributed by atoms with Crippen LogP contribution in [-0.4, -0.2) is 5.25 Å². The van der Waals surface area contributed by atoms with E-state index in [0.29, 0.717) is 5.25 Å². The van der Waals surface area contributed by atoms with Crippen molar-refractivity contribution < 1.29 is 0 Å². The second-order valence-electron chi connectivity index (χ2n) is 1.27. The molecule has 0 spiro atoms. The van der Waals surface area contributed by atoms with Crippen LogP contribution in [0, 0.1) is 0 Å². The van der Waals surface area contributed by atoms with E-state index in [1.807, 2.05) is 26.0 Å². The van der Waals surface area contributed by atoms with E-state index in [2.05, 4.69) is 12.6 Å². The van der Waals surface area contributed by atoms with Gasteiger partial charge in [-0.2, -0.15) is 12.6 Å². The summed E-state index contributed by atoms with van der Waals surface area (Å²) < 4.78 is 0. The van der Waals surface area contributed by atoms with Crippen molar-refractivity contribution in [3.05, 3.63) is 12.2 Å². The molecule has 36 valence electrons. The van der Waals surface area contributed by atoms with E-state index in [9.17, 15) is 0 Å². The molecule has 0 aliphatic heterocycles. The number of rotatable bonds is 1. The van der Waals surface area contributed by atoms with Crippen molar-refractivity contribution in [3.63, 3.8) is 0 Å². The fourth-order valence-electron chi connectivity index (χ4n) is 0.279. The zero-order valence-corrected chi connectivity index (χ0v) is 5.07. The van der Waals surface area contributed by atoms with Gasteiger partial charge in [0, 0.05) is 5.25 Å². The second-order valence-corrected chi connectivity index (χ2v) is 2.08. The molecular formula is C5H10S. The van der Waals surface area contributed by atoms with Gasteiger partial charge in [0.2, 0.25) is 0 Å². The molecule has 0 heterocycles. The van der Waals surface area contributed by atoms with Crippen LogP contribution in [0.2, 0.25) is 0 Å². The maximum atomic E-state index is 4.09. The quantitative estimate of drug-likeness (QED) is 0.379. The van der Waals surface area contributed by atoms with Crippen molar-refractivity contribution in [2.24, 2.45) is 0 Å². The highest BCUT2D eigenvalue weighted by molar-refractivity contribution is 7.81. The molecule has 0 rings (SSSR count). The van der Waals surface area contributed by atoms with E-state index >= 15 is 0 Å². The molecule has 0 saturated carbocycles. The predicted octanol–water partition coefficient (Wildman–Crippen LogP) is 1.88. The Balaban J connectivity index is 3.03. The molecule has 6 heavy (non-hydrogen) atoms. The molecule has 0 nitrogen and oxygen atoms in total. The summed E-state index contributed by atoms with van der Waals surface area (Å²) in [5.74, 6) is 0. The van der Waals surface area contributed by atoms with Crippen molar-refractivity contribution in [1.29, 1.82) is 0 Å². The summed E-state index contributed by atoms with van der Waals surface area (Å²) in [4.78, 5) is 0. The number of thiol groups is 1. The summed E-state index contributed by atoms with van der Waals surface area (Å²) in [5.41, 5.74) is 0. The van der Waals surface area contributed by atoms with Crippen molar-refractivity contribution in [2.75, 3.05) is 0 Å². The first kappa shape index (κ1) is 6.09. The zero-order valence-electron chi connectivity index (χ0n) is 4.18. The molecule has 0 N–H and O–H groups in total. The summed E-state index contributed by atoms with van der Waals surface area (Å²) >= 11 is 4.09. The maximum Gasteiger partial charge on any atom is 0.0168 e. The first-order valence-electron chi connectivity index (χ1n) is 2.08. The Hall–Kier alpha value is 0.0900. The highest BCUT2D eigenvalue weighted by Gasteiger charge is 1.77. The fraction of sp³-hybridized carbons (Fsp3) is 0.600.